The number of rotatable bonds is 2. The van der Waals surface area contributed by atoms with Crippen molar-refractivity contribution in [3.05, 3.63) is 33.8 Å². The quantitative estimate of drug-likeness (QED) is 0.537. The smallest absolute Gasteiger partial charge is 0.313 e. The third-order valence-electron chi connectivity index (χ3n) is 5.90. The van der Waals surface area contributed by atoms with Crippen LogP contribution < -0.4 is 0 Å². The Kier molecular flexibility index (Phi) is 3.77. The molecule has 0 unspecified atom stereocenters. The summed E-state index contributed by atoms with van der Waals surface area (Å²) in [5, 5.41) is 4.95. The van der Waals surface area contributed by atoms with E-state index in [1.54, 1.807) is 12.1 Å². The van der Waals surface area contributed by atoms with E-state index >= 15 is 0 Å². The van der Waals surface area contributed by atoms with Crippen molar-refractivity contribution in [2.45, 2.75) is 40.0 Å². The van der Waals surface area contributed by atoms with Crippen LogP contribution in [0.3, 0.4) is 0 Å². The van der Waals surface area contributed by atoms with Gasteiger partial charge in [0.1, 0.15) is 0 Å². The highest BCUT2D eigenvalue weighted by molar-refractivity contribution is 6.36. The Hall–Kier alpha value is -1.06. The van der Waals surface area contributed by atoms with Crippen LogP contribution in [-0.2, 0) is 4.84 Å². The second-order valence-electron chi connectivity index (χ2n) is 7.03. The van der Waals surface area contributed by atoms with Crippen molar-refractivity contribution in [3.8, 4) is 0 Å². The average molecular weight is 340 g/mol. The van der Waals surface area contributed by atoms with Gasteiger partial charge in [-0.2, -0.15) is 0 Å². The number of halogens is 2. The highest BCUT2D eigenvalue weighted by atomic mass is 35.5. The summed E-state index contributed by atoms with van der Waals surface area (Å²) in [6, 6.07) is 4.69. The van der Waals surface area contributed by atoms with Gasteiger partial charge >= 0.3 is 5.97 Å². The molecule has 2 aliphatic carbocycles. The van der Waals surface area contributed by atoms with Crippen LogP contribution in [0.15, 0.2) is 23.4 Å². The summed E-state index contributed by atoms with van der Waals surface area (Å²) in [6.07, 6.45) is 3.23. The molecule has 0 amide bonds. The van der Waals surface area contributed by atoms with Crippen LogP contribution in [0.2, 0.25) is 10.0 Å². The summed E-state index contributed by atoms with van der Waals surface area (Å²) in [5.41, 5.74) is 1.49. The van der Waals surface area contributed by atoms with Crippen LogP contribution in [0.4, 0.5) is 0 Å². The van der Waals surface area contributed by atoms with E-state index in [-0.39, 0.29) is 21.4 Å². The van der Waals surface area contributed by atoms with Gasteiger partial charge in [-0.05, 0) is 48.8 Å². The third-order valence-corrected chi connectivity index (χ3v) is 6.45. The molecule has 5 heteroatoms. The van der Waals surface area contributed by atoms with E-state index in [2.05, 4.69) is 25.9 Å². The maximum Gasteiger partial charge on any atom is 0.367 e. The van der Waals surface area contributed by atoms with Crippen LogP contribution in [0.25, 0.3) is 0 Å². The van der Waals surface area contributed by atoms with E-state index in [1.165, 1.54) is 12.5 Å². The molecule has 118 valence electrons. The fourth-order valence-electron chi connectivity index (χ4n) is 3.87. The first-order chi connectivity index (χ1) is 10.3. The van der Waals surface area contributed by atoms with E-state index < -0.39 is 5.97 Å². The van der Waals surface area contributed by atoms with Crippen molar-refractivity contribution in [1.82, 2.24) is 0 Å². The zero-order valence-corrected chi connectivity index (χ0v) is 14.5. The molecular formula is C17H19Cl2NO2. The van der Waals surface area contributed by atoms with Crippen molar-refractivity contribution < 1.29 is 9.63 Å². The second-order valence-corrected chi connectivity index (χ2v) is 7.88. The lowest BCUT2D eigenvalue weighted by Gasteiger charge is -2.34. The summed E-state index contributed by atoms with van der Waals surface area (Å²) in [5.74, 6) is 0.0763. The minimum atomic E-state index is -0.543. The van der Waals surface area contributed by atoms with E-state index in [9.17, 15) is 4.79 Å². The minimum Gasteiger partial charge on any atom is -0.313 e. The first-order valence-electron chi connectivity index (χ1n) is 7.49. The van der Waals surface area contributed by atoms with Gasteiger partial charge in [-0.3, -0.25) is 0 Å². The Morgan fingerprint density at radius 2 is 2.05 bits per heavy atom. The van der Waals surface area contributed by atoms with Crippen molar-refractivity contribution >= 4 is 34.9 Å². The summed E-state index contributed by atoms with van der Waals surface area (Å²) in [4.78, 5) is 17.3. The maximum absolute atomic E-state index is 12.1. The molecule has 0 aliphatic heterocycles. The van der Waals surface area contributed by atoms with Crippen molar-refractivity contribution in [2.24, 2.45) is 21.9 Å². The van der Waals surface area contributed by atoms with E-state index in [1.807, 2.05) is 0 Å². The zero-order valence-electron chi connectivity index (χ0n) is 13.0. The highest BCUT2D eigenvalue weighted by Crippen LogP contribution is 2.64. The summed E-state index contributed by atoms with van der Waals surface area (Å²) >= 11 is 11.9. The predicted octanol–water partition coefficient (Wildman–Crippen LogP) is 5.35. The van der Waals surface area contributed by atoms with Gasteiger partial charge in [-0.15, -0.1) is 0 Å². The Bertz CT molecular complexity index is 669. The van der Waals surface area contributed by atoms with Crippen molar-refractivity contribution in [1.29, 1.82) is 0 Å². The Morgan fingerprint density at radius 3 is 2.59 bits per heavy atom. The molecule has 0 heterocycles. The van der Waals surface area contributed by atoms with Crippen LogP contribution >= 0.6 is 23.2 Å². The molecule has 22 heavy (non-hydrogen) atoms. The number of nitrogens with zero attached hydrogens (tertiary/aromatic N) is 1. The van der Waals surface area contributed by atoms with Crippen LogP contribution in [0, 0.1) is 16.7 Å². The number of fused-ring (bicyclic) bond motifs is 2. The molecule has 0 spiro atoms. The molecule has 0 saturated heterocycles. The van der Waals surface area contributed by atoms with Gasteiger partial charge in [-0.1, -0.05) is 49.1 Å². The van der Waals surface area contributed by atoms with Crippen molar-refractivity contribution in [3.63, 3.8) is 0 Å². The molecule has 2 fully saturated rings. The lowest BCUT2D eigenvalue weighted by Crippen LogP contribution is -2.32. The van der Waals surface area contributed by atoms with E-state index in [4.69, 9.17) is 28.0 Å². The molecule has 2 saturated carbocycles. The molecule has 2 atom stereocenters. The zero-order chi connectivity index (χ0) is 16.1. The number of hydrogen-bond acceptors (Lipinski definition) is 3. The number of benzene rings is 1. The molecule has 2 aliphatic rings. The molecule has 0 N–H and O–H groups in total. The van der Waals surface area contributed by atoms with Gasteiger partial charge in [0.15, 0.2) is 0 Å². The molecule has 1 aromatic carbocycles. The normalized spacial score (nSPS) is 30.8. The topological polar surface area (TPSA) is 38.7 Å². The van der Waals surface area contributed by atoms with Gasteiger partial charge in [0.05, 0.1) is 16.3 Å². The lowest BCUT2D eigenvalue weighted by molar-refractivity contribution is 0.0508. The molecule has 1 aromatic rings. The van der Waals surface area contributed by atoms with Gasteiger partial charge in [0.25, 0.3) is 0 Å². The highest BCUT2D eigenvalue weighted by Gasteiger charge is 2.60. The average Bonchev–Trinajstić information content (AvgIpc) is 2.77. The molecular weight excluding hydrogens is 321 g/mol. The lowest BCUT2D eigenvalue weighted by atomic mass is 9.70. The predicted molar refractivity (Wildman–Crippen MR) is 88.5 cm³/mol. The second kappa shape index (κ2) is 5.24. The van der Waals surface area contributed by atoms with Gasteiger partial charge < -0.3 is 4.84 Å². The SMILES string of the molecule is CC1(C)[C@@H]2CC[C@@]1(C)/C(=N\OC(=O)c1ccc(Cl)cc1Cl)C2. The summed E-state index contributed by atoms with van der Waals surface area (Å²) in [6.45, 7) is 6.79. The van der Waals surface area contributed by atoms with Crippen LogP contribution in [0.5, 0.6) is 0 Å². The first-order valence-corrected chi connectivity index (χ1v) is 8.25. The molecule has 2 bridgehead atoms. The van der Waals surface area contributed by atoms with E-state index in [0.717, 1.165) is 18.6 Å². The maximum atomic E-state index is 12.1. The fraction of sp³-hybridized carbons (Fsp3) is 0.529. The molecule has 3 rings (SSSR count). The number of oxime groups is 1. The Labute approximate surface area is 140 Å². The molecule has 0 aromatic heterocycles. The van der Waals surface area contributed by atoms with Crippen LogP contribution in [0.1, 0.15) is 50.4 Å². The standard InChI is InChI=1S/C17H19Cl2NO2/c1-16(2)10-6-7-17(16,3)14(8-10)20-22-15(21)12-5-4-11(18)9-13(12)19/h4-5,9-10H,6-8H2,1-3H3/b20-14-/t10-,17+/m1/s1. The Morgan fingerprint density at radius 1 is 1.32 bits per heavy atom. The van der Waals surface area contributed by atoms with Crippen LogP contribution in [-0.4, -0.2) is 11.7 Å². The molecule has 0 radical (unpaired) electrons. The van der Waals surface area contributed by atoms with Gasteiger partial charge in [-0.25, -0.2) is 4.79 Å². The van der Waals surface area contributed by atoms with Gasteiger partial charge in [0, 0.05) is 10.4 Å². The first kappa shape index (κ1) is 15.8. The summed E-state index contributed by atoms with van der Waals surface area (Å²) in [7, 11) is 0. The third kappa shape index (κ3) is 2.26. The number of carbonyl (C=O) groups is 1. The fourth-order valence-corrected chi connectivity index (χ4v) is 4.35. The molecule has 3 nitrogen and oxygen atoms in total. The van der Waals surface area contributed by atoms with Gasteiger partial charge in [0.2, 0.25) is 0 Å². The van der Waals surface area contributed by atoms with Crippen molar-refractivity contribution in [2.75, 3.05) is 0 Å². The summed E-state index contributed by atoms with van der Waals surface area (Å²) < 4.78 is 0. The minimum absolute atomic E-state index is 0.0156. The number of carbonyl (C=O) groups excluding carboxylic acids is 1. The Balaban J connectivity index is 1.79. The van der Waals surface area contributed by atoms with E-state index in [0.29, 0.717) is 10.9 Å². The largest absolute Gasteiger partial charge is 0.367 e. The monoisotopic (exact) mass is 339 g/mol. The number of hydrogen-bond donors (Lipinski definition) is 0.